The number of hydrogen-bond acceptors (Lipinski definition) is 4. The van der Waals surface area contributed by atoms with Crippen molar-refractivity contribution in [2.24, 2.45) is 0 Å². The number of nitrogens with two attached hydrogens (primary N) is 1. The molecular weight excluding hydrogens is 246 g/mol. The number of rotatable bonds is 3. The van der Waals surface area contributed by atoms with Crippen LogP contribution < -0.4 is 11.1 Å². The summed E-state index contributed by atoms with van der Waals surface area (Å²) in [5.74, 6) is -0.914. The third-order valence-corrected chi connectivity index (χ3v) is 3.32. The summed E-state index contributed by atoms with van der Waals surface area (Å²) in [5, 5.41) is 12.2. The van der Waals surface area contributed by atoms with Gasteiger partial charge in [-0.25, -0.2) is 4.79 Å². The van der Waals surface area contributed by atoms with Crippen LogP contribution in [0.1, 0.15) is 23.2 Å². The number of nitrogens with zero attached hydrogens (tertiary/aromatic N) is 1. The van der Waals surface area contributed by atoms with Crippen LogP contribution in [0.5, 0.6) is 0 Å². The molecule has 1 fully saturated rings. The van der Waals surface area contributed by atoms with E-state index in [1.807, 2.05) is 0 Å². The zero-order valence-electron chi connectivity index (χ0n) is 10.7. The number of anilines is 2. The number of carboxylic acids is 1. The number of para-hydroxylation sites is 1. The fourth-order valence-electron chi connectivity index (χ4n) is 2.23. The highest BCUT2D eigenvalue weighted by Gasteiger charge is 2.23. The summed E-state index contributed by atoms with van der Waals surface area (Å²) in [4.78, 5) is 24.1. The number of aromatic carboxylic acids is 1. The number of likely N-dealkylation sites (tertiary alicyclic amines) is 1. The van der Waals surface area contributed by atoms with Gasteiger partial charge in [-0.2, -0.15) is 0 Å². The van der Waals surface area contributed by atoms with E-state index < -0.39 is 5.97 Å². The minimum Gasteiger partial charge on any atom is -0.478 e. The van der Waals surface area contributed by atoms with Gasteiger partial charge in [-0.15, -0.1) is 0 Å². The lowest BCUT2D eigenvalue weighted by Gasteiger charge is -2.31. The Morgan fingerprint density at radius 2 is 2.26 bits per heavy atom. The zero-order chi connectivity index (χ0) is 14.0. The number of nitrogen functional groups attached to an aromatic ring is 1. The van der Waals surface area contributed by atoms with E-state index in [0.717, 1.165) is 6.42 Å². The van der Waals surface area contributed by atoms with Crippen LogP contribution in [0.2, 0.25) is 0 Å². The third kappa shape index (κ3) is 2.78. The number of nitrogens with one attached hydrogen (secondary N) is 1. The second-order valence-corrected chi connectivity index (χ2v) is 4.73. The fourth-order valence-corrected chi connectivity index (χ4v) is 2.23. The molecule has 102 valence electrons. The first-order chi connectivity index (χ1) is 8.99. The van der Waals surface area contributed by atoms with Crippen molar-refractivity contribution >= 4 is 23.3 Å². The Morgan fingerprint density at radius 1 is 1.53 bits per heavy atom. The maximum absolute atomic E-state index is 11.4. The minimum atomic E-state index is -1.04. The lowest BCUT2D eigenvalue weighted by molar-refractivity contribution is -0.132. The monoisotopic (exact) mass is 263 g/mol. The van der Waals surface area contributed by atoms with Gasteiger partial charge in [0.05, 0.1) is 16.9 Å². The Hall–Kier alpha value is -2.24. The first-order valence-electron chi connectivity index (χ1n) is 6.11. The summed E-state index contributed by atoms with van der Waals surface area (Å²) in [6.45, 7) is 0.593. The summed E-state index contributed by atoms with van der Waals surface area (Å²) in [7, 11) is 1.76. The second-order valence-electron chi connectivity index (χ2n) is 4.73. The first-order valence-corrected chi connectivity index (χ1v) is 6.11. The SMILES string of the molecule is CN1CC(Nc2cccc(C(=O)O)c2N)CCC1=O. The second kappa shape index (κ2) is 5.17. The molecule has 0 saturated carbocycles. The van der Waals surface area contributed by atoms with Crippen molar-refractivity contribution in [3.63, 3.8) is 0 Å². The van der Waals surface area contributed by atoms with Gasteiger partial charge in [-0.1, -0.05) is 6.07 Å². The van der Waals surface area contributed by atoms with Gasteiger partial charge in [-0.05, 0) is 18.6 Å². The molecule has 0 spiro atoms. The average molecular weight is 263 g/mol. The van der Waals surface area contributed by atoms with Crippen molar-refractivity contribution in [2.75, 3.05) is 24.6 Å². The number of carboxylic acid groups (broad SMARTS) is 1. The summed E-state index contributed by atoms with van der Waals surface area (Å²) >= 11 is 0. The summed E-state index contributed by atoms with van der Waals surface area (Å²) in [6.07, 6.45) is 1.21. The first kappa shape index (κ1) is 13.2. The number of likely N-dealkylation sites (N-methyl/N-ethyl adjacent to an activating group) is 1. The van der Waals surface area contributed by atoms with E-state index in [1.165, 1.54) is 6.07 Å². The topological polar surface area (TPSA) is 95.7 Å². The quantitative estimate of drug-likeness (QED) is 0.707. The van der Waals surface area contributed by atoms with Crippen molar-refractivity contribution in [3.8, 4) is 0 Å². The third-order valence-electron chi connectivity index (χ3n) is 3.32. The Labute approximate surface area is 111 Å². The fraction of sp³-hybridized carbons (Fsp3) is 0.385. The highest BCUT2D eigenvalue weighted by molar-refractivity contribution is 5.97. The molecule has 6 heteroatoms. The van der Waals surface area contributed by atoms with E-state index in [4.69, 9.17) is 10.8 Å². The van der Waals surface area contributed by atoms with E-state index in [1.54, 1.807) is 24.1 Å². The predicted octanol–water partition coefficient (Wildman–Crippen LogP) is 1.000. The molecule has 1 aromatic rings. The summed E-state index contributed by atoms with van der Waals surface area (Å²) in [5.41, 5.74) is 6.76. The number of benzene rings is 1. The molecule has 0 radical (unpaired) electrons. The molecule has 1 saturated heterocycles. The van der Waals surface area contributed by atoms with Gasteiger partial charge in [0.15, 0.2) is 0 Å². The normalized spacial score (nSPS) is 19.3. The van der Waals surface area contributed by atoms with Gasteiger partial charge in [0.2, 0.25) is 5.91 Å². The van der Waals surface area contributed by atoms with Crippen LogP contribution in [-0.4, -0.2) is 41.5 Å². The molecule has 1 aliphatic rings. The maximum Gasteiger partial charge on any atom is 0.337 e. The van der Waals surface area contributed by atoms with Crippen LogP contribution >= 0.6 is 0 Å². The molecule has 1 aromatic carbocycles. The van der Waals surface area contributed by atoms with Crippen molar-refractivity contribution in [2.45, 2.75) is 18.9 Å². The van der Waals surface area contributed by atoms with Crippen LogP contribution in [0.4, 0.5) is 11.4 Å². The Bertz CT molecular complexity index is 516. The Morgan fingerprint density at radius 3 is 2.89 bits per heavy atom. The van der Waals surface area contributed by atoms with E-state index in [9.17, 15) is 9.59 Å². The molecular formula is C13H17N3O3. The molecule has 1 unspecified atom stereocenters. The molecule has 1 atom stereocenters. The molecule has 0 aromatic heterocycles. The van der Waals surface area contributed by atoms with Crippen LogP contribution in [0.3, 0.4) is 0 Å². The van der Waals surface area contributed by atoms with Crippen LogP contribution in [0, 0.1) is 0 Å². The van der Waals surface area contributed by atoms with Crippen LogP contribution in [0.25, 0.3) is 0 Å². The van der Waals surface area contributed by atoms with Gasteiger partial charge < -0.3 is 21.1 Å². The minimum absolute atomic E-state index is 0.0882. The zero-order valence-corrected chi connectivity index (χ0v) is 10.7. The van der Waals surface area contributed by atoms with Gasteiger partial charge >= 0.3 is 5.97 Å². The standard InChI is InChI=1S/C13H17N3O3/c1-16-7-8(5-6-11(16)17)15-10-4-2-3-9(12(10)14)13(18)19/h2-4,8,15H,5-7,14H2,1H3,(H,18,19). The van der Waals surface area contributed by atoms with Crippen LogP contribution in [0.15, 0.2) is 18.2 Å². The molecule has 4 N–H and O–H groups in total. The molecule has 0 bridgehead atoms. The smallest absolute Gasteiger partial charge is 0.337 e. The number of piperidine rings is 1. The molecule has 2 rings (SSSR count). The Balaban J connectivity index is 2.13. The van der Waals surface area contributed by atoms with Gasteiger partial charge in [0, 0.05) is 26.1 Å². The molecule has 1 aliphatic heterocycles. The molecule has 19 heavy (non-hydrogen) atoms. The van der Waals surface area contributed by atoms with E-state index in [2.05, 4.69) is 5.32 Å². The van der Waals surface area contributed by atoms with Crippen molar-refractivity contribution in [3.05, 3.63) is 23.8 Å². The molecule has 0 aliphatic carbocycles. The average Bonchev–Trinajstić information content (AvgIpc) is 2.36. The molecule has 6 nitrogen and oxygen atoms in total. The van der Waals surface area contributed by atoms with Crippen molar-refractivity contribution < 1.29 is 14.7 Å². The lowest BCUT2D eigenvalue weighted by Crippen LogP contribution is -2.43. The number of carbonyl (C=O) groups is 2. The van der Waals surface area contributed by atoms with Gasteiger partial charge in [0.25, 0.3) is 0 Å². The number of amides is 1. The van der Waals surface area contributed by atoms with E-state index >= 15 is 0 Å². The number of carbonyl (C=O) groups excluding carboxylic acids is 1. The highest BCUT2D eigenvalue weighted by Crippen LogP contribution is 2.25. The van der Waals surface area contributed by atoms with Gasteiger partial charge in [0.1, 0.15) is 0 Å². The van der Waals surface area contributed by atoms with Crippen LogP contribution in [-0.2, 0) is 4.79 Å². The lowest BCUT2D eigenvalue weighted by atomic mass is 10.0. The maximum atomic E-state index is 11.4. The largest absolute Gasteiger partial charge is 0.478 e. The van der Waals surface area contributed by atoms with Gasteiger partial charge in [-0.3, -0.25) is 4.79 Å². The summed E-state index contributed by atoms with van der Waals surface area (Å²) in [6, 6.07) is 4.96. The van der Waals surface area contributed by atoms with Crippen molar-refractivity contribution in [1.29, 1.82) is 0 Å². The number of hydrogen-bond donors (Lipinski definition) is 3. The summed E-state index contributed by atoms with van der Waals surface area (Å²) < 4.78 is 0. The molecule has 1 heterocycles. The molecule has 1 amide bonds. The van der Waals surface area contributed by atoms with E-state index in [-0.39, 0.29) is 23.2 Å². The Kier molecular flexibility index (Phi) is 3.59. The predicted molar refractivity (Wildman–Crippen MR) is 72.1 cm³/mol. The van der Waals surface area contributed by atoms with E-state index in [0.29, 0.717) is 18.7 Å². The van der Waals surface area contributed by atoms with Crippen molar-refractivity contribution in [1.82, 2.24) is 4.90 Å². The highest BCUT2D eigenvalue weighted by atomic mass is 16.4.